The number of rotatable bonds is 5. The summed E-state index contributed by atoms with van der Waals surface area (Å²) in [7, 11) is 1.59. The lowest BCUT2D eigenvalue weighted by atomic mass is 10.1. The van der Waals surface area contributed by atoms with E-state index < -0.39 is 0 Å². The van der Waals surface area contributed by atoms with E-state index in [-0.39, 0.29) is 5.78 Å². The van der Waals surface area contributed by atoms with Crippen LogP contribution in [0.25, 0.3) is 0 Å². The minimum absolute atomic E-state index is 0.0749. The first-order valence-corrected chi connectivity index (χ1v) is 6.44. The lowest BCUT2D eigenvalue weighted by molar-refractivity contribution is 0.104. The number of methoxy groups -OCH3 is 1. The Kier molecular flexibility index (Phi) is 4.80. The van der Waals surface area contributed by atoms with Crippen LogP contribution >= 0.6 is 11.6 Å². The summed E-state index contributed by atoms with van der Waals surface area (Å²) in [6.45, 7) is 0. The Morgan fingerprint density at radius 1 is 1.10 bits per heavy atom. The molecule has 0 radical (unpaired) electrons. The van der Waals surface area contributed by atoms with Crippen LogP contribution in [0.1, 0.15) is 10.4 Å². The van der Waals surface area contributed by atoms with E-state index in [0.29, 0.717) is 10.6 Å². The zero-order valence-corrected chi connectivity index (χ0v) is 11.7. The second kappa shape index (κ2) is 6.78. The van der Waals surface area contributed by atoms with E-state index in [2.05, 4.69) is 5.32 Å². The third-order valence-electron chi connectivity index (χ3n) is 2.70. The normalized spacial score (nSPS) is 10.5. The minimum atomic E-state index is -0.0749. The molecule has 0 unspecified atom stereocenters. The summed E-state index contributed by atoms with van der Waals surface area (Å²) in [5.74, 6) is 0.652. The molecular formula is C16H14ClNO2. The lowest BCUT2D eigenvalue weighted by Crippen LogP contribution is -1.96. The van der Waals surface area contributed by atoms with Crippen molar-refractivity contribution in [3.05, 3.63) is 71.4 Å². The molecule has 2 rings (SSSR count). The number of halogens is 1. The first kappa shape index (κ1) is 14.2. The second-order valence-electron chi connectivity index (χ2n) is 4.08. The maximum Gasteiger partial charge on any atom is 0.187 e. The van der Waals surface area contributed by atoms with E-state index in [1.807, 2.05) is 12.1 Å². The molecule has 0 saturated carbocycles. The summed E-state index contributed by atoms with van der Waals surface area (Å²) in [5, 5.41) is 3.69. The Hall–Kier alpha value is -2.26. The predicted octanol–water partition coefficient (Wildman–Crippen LogP) is 4.16. The van der Waals surface area contributed by atoms with Gasteiger partial charge in [0.05, 0.1) is 7.11 Å². The van der Waals surface area contributed by atoms with Crippen molar-refractivity contribution in [1.29, 1.82) is 0 Å². The van der Waals surface area contributed by atoms with Crippen LogP contribution < -0.4 is 10.1 Å². The minimum Gasteiger partial charge on any atom is -0.497 e. The van der Waals surface area contributed by atoms with Gasteiger partial charge in [0, 0.05) is 28.5 Å². The highest BCUT2D eigenvalue weighted by Gasteiger charge is 2.01. The fourth-order valence-corrected chi connectivity index (χ4v) is 1.74. The van der Waals surface area contributed by atoms with E-state index in [4.69, 9.17) is 16.3 Å². The van der Waals surface area contributed by atoms with Gasteiger partial charge < -0.3 is 10.1 Å². The number of ketones is 1. The molecule has 4 heteroatoms. The number of carbonyl (C=O) groups excluding carboxylic acids is 1. The van der Waals surface area contributed by atoms with Crippen molar-refractivity contribution in [2.24, 2.45) is 0 Å². The average molecular weight is 288 g/mol. The summed E-state index contributed by atoms with van der Waals surface area (Å²) in [6.07, 6.45) is 3.09. The highest BCUT2D eigenvalue weighted by Crippen LogP contribution is 2.14. The van der Waals surface area contributed by atoms with Crippen molar-refractivity contribution in [3.8, 4) is 5.75 Å². The summed E-state index contributed by atoms with van der Waals surface area (Å²) in [5.41, 5.74) is 1.48. The van der Waals surface area contributed by atoms with E-state index in [9.17, 15) is 4.79 Å². The number of anilines is 1. The molecule has 0 atom stereocenters. The monoisotopic (exact) mass is 287 g/mol. The fourth-order valence-electron chi connectivity index (χ4n) is 1.61. The molecule has 0 bridgehead atoms. The van der Waals surface area contributed by atoms with E-state index in [0.717, 1.165) is 11.4 Å². The van der Waals surface area contributed by atoms with Gasteiger partial charge in [-0.25, -0.2) is 0 Å². The van der Waals surface area contributed by atoms with Crippen LogP contribution in [0.2, 0.25) is 5.02 Å². The zero-order valence-electron chi connectivity index (χ0n) is 11.0. The van der Waals surface area contributed by atoms with Crippen LogP contribution in [-0.4, -0.2) is 12.9 Å². The first-order valence-electron chi connectivity index (χ1n) is 6.06. The van der Waals surface area contributed by atoms with Crippen LogP contribution in [0.4, 0.5) is 5.69 Å². The molecule has 1 N–H and O–H groups in total. The van der Waals surface area contributed by atoms with Crippen molar-refractivity contribution >= 4 is 23.1 Å². The predicted molar refractivity (Wildman–Crippen MR) is 81.5 cm³/mol. The Balaban J connectivity index is 1.96. The van der Waals surface area contributed by atoms with Crippen molar-refractivity contribution < 1.29 is 9.53 Å². The quantitative estimate of drug-likeness (QED) is 0.663. The number of carbonyl (C=O) groups is 1. The summed E-state index contributed by atoms with van der Waals surface area (Å²) < 4.78 is 5.05. The highest BCUT2D eigenvalue weighted by atomic mass is 35.5. The van der Waals surface area contributed by atoms with Crippen LogP contribution in [-0.2, 0) is 0 Å². The third-order valence-corrected chi connectivity index (χ3v) is 2.96. The molecule has 3 nitrogen and oxygen atoms in total. The van der Waals surface area contributed by atoms with Gasteiger partial charge >= 0.3 is 0 Å². The topological polar surface area (TPSA) is 38.3 Å². The largest absolute Gasteiger partial charge is 0.497 e. The molecule has 0 heterocycles. The number of hydrogen-bond donors (Lipinski definition) is 1. The van der Waals surface area contributed by atoms with E-state index >= 15 is 0 Å². The molecule has 0 saturated heterocycles. The van der Waals surface area contributed by atoms with Crippen LogP contribution in [0, 0.1) is 0 Å². The number of ether oxygens (including phenoxy) is 1. The Morgan fingerprint density at radius 3 is 2.35 bits per heavy atom. The Bertz CT molecular complexity index is 603. The molecule has 0 fully saturated rings. The molecule has 0 amide bonds. The molecule has 102 valence electrons. The second-order valence-corrected chi connectivity index (χ2v) is 4.51. The van der Waals surface area contributed by atoms with Crippen molar-refractivity contribution in [2.45, 2.75) is 0 Å². The molecule has 0 aliphatic rings. The molecule has 0 aromatic heterocycles. The number of nitrogens with one attached hydrogen (secondary N) is 1. The van der Waals surface area contributed by atoms with Gasteiger partial charge in [0.15, 0.2) is 5.78 Å². The molecule has 0 spiro atoms. The zero-order chi connectivity index (χ0) is 14.4. The molecular weight excluding hydrogens is 274 g/mol. The van der Waals surface area contributed by atoms with Crippen molar-refractivity contribution in [3.63, 3.8) is 0 Å². The van der Waals surface area contributed by atoms with Gasteiger partial charge in [0.1, 0.15) is 5.75 Å². The van der Waals surface area contributed by atoms with Gasteiger partial charge in [-0.2, -0.15) is 0 Å². The molecule has 0 aliphatic carbocycles. The summed E-state index contributed by atoms with van der Waals surface area (Å²) in [4.78, 5) is 11.9. The molecule has 2 aromatic carbocycles. The van der Waals surface area contributed by atoms with Crippen molar-refractivity contribution in [1.82, 2.24) is 0 Å². The molecule has 0 aliphatic heterocycles. The van der Waals surface area contributed by atoms with Gasteiger partial charge in [-0.3, -0.25) is 4.79 Å². The SMILES string of the molecule is COc1ccc(C(=O)/C=C/Nc2ccc(Cl)cc2)cc1. The molecule has 20 heavy (non-hydrogen) atoms. The van der Waals surface area contributed by atoms with E-state index in [1.54, 1.807) is 49.7 Å². The third kappa shape index (κ3) is 3.87. The lowest BCUT2D eigenvalue weighted by Gasteiger charge is -2.01. The fraction of sp³-hybridized carbons (Fsp3) is 0.0625. The van der Waals surface area contributed by atoms with Gasteiger partial charge in [0.2, 0.25) is 0 Å². The maximum absolute atomic E-state index is 11.9. The van der Waals surface area contributed by atoms with Crippen LogP contribution in [0.15, 0.2) is 60.8 Å². The number of allylic oxidation sites excluding steroid dienone is 1. The highest BCUT2D eigenvalue weighted by molar-refractivity contribution is 6.30. The smallest absolute Gasteiger partial charge is 0.187 e. The van der Waals surface area contributed by atoms with Crippen LogP contribution in [0.5, 0.6) is 5.75 Å². The maximum atomic E-state index is 11.9. The Labute approximate surface area is 122 Å². The van der Waals surface area contributed by atoms with E-state index in [1.165, 1.54) is 6.08 Å². The molecule has 2 aromatic rings. The summed E-state index contributed by atoms with van der Waals surface area (Å²) >= 11 is 5.79. The van der Waals surface area contributed by atoms with Gasteiger partial charge in [0.25, 0.3) is 0 Å². The van der Waals surface area contributed by atoms with Crippen molar-refractivity contribution in [2.75, 3.05) is 12.4 Å². The first-order chi connectivity index (χ1) is 9.69. The van der Waals surface area contributed by atoms with Gasteiger partial charge in [-0.15, -0.1) is 0 Å². The number of hydrogen-bond acceptors (Lipinski definition) is 3. The Morgan fingerprint density at radius 2 is 1.75 bits per heavy atom. The van der Waals surface area contributed by atoms with Crippen LogP contribution in [0.3, 0.4) is 0 Å². The summed E-state index contributed by atoms with van der Waals surface area (Å²) in [6, 6.07) is 14.2. The number of benzene rings is 2. The van der Waals surface area contributed by atoms with Gasteiger partial charge in [-0.05, 0) is 48.5 Å². The van der Waals surface area contributed by atoms with Gasteiger partial charge in [-0.1, -0.05) is 11.6 Å². The average Bonchev–Trinajstić information content (AvgIpc) is 2.49. The standard InChI is InChI=1S/C16H14ClNO2/c1-20-15-8-2-12(3-9-15)16(19)10-11-18-14-6-4-13(17)5-7-14/h2-11,18H,1H3/b11-10+.